The number of rotatable bonds is 3. The van der Waals surface area contributed by atoms with Gasteiger partial charge in [0.1, 0.15) is 5.69 Å². The Hall–Kier alpha value is -3.78. The number of imidazole rings is 1. The highest BCUT2D eigenvalue weighted by Gasteiger charge is 2.16. The predicted octanol–water partition coefficient (Wildman–Crippen LogP) is 4.62. The van der Waals surface area contributed by atoms with Crippen molar-refractivity contribution in [3.63, 3.8) is 0 Å². The summed E-state index contributed by atoms with van der Waals surface area (Å²) in [6, 6.07) is 10.3. The van der Waals surface area contributed by atoms with Crippen molar-refractivity contribution in [2.24, 2.45) is 0 Å². The van der Waals surface area contributed by atoms with Crippen molar-refractivity contribution in [2.45, 2.75) is 0 Å². The molecule has 0 aliphatic carbocycles. The van der Waals surface area contributed by atoms with Crippen molar-refractivity contribution >= 4 is 33.4 Å². The molecule has 1 aromatic carbocycles. The Balaban J connectivity index is 1.55. The lowest BCUT2D eigenvalue weighted by molar-refractivity contribution is 1.09. The van der Waals surface area contributed by atoms with Gasteiger partial charge in [0.2, 0.25) is 0 Å². The zero-order chi connectivity index (χ0) is 18.5. The fourth-order valence-corrected chi connectivity index (χ4v) is 4.12. The first-order valence-electron chi connectivity index (χ1n) is 8.72. The molecule has 28 heavy (non-hydrogen) atoms. The third-order valence-electron chi connectivity index (χ3n) is 4.84. The van der Waals surface area contributed by atoms with Gasteiger partial charge >= 0.3 is 0 Å². The Bertz CT molecular complexity index is 1410. The number of fused-ring (bicyclic) bond motifs is 2. The molecule has 3 N–H and O–H groups in total. The molecular weight excluding hydrogens is 370 g/mol. The summed E-state index contributed by atoms with van der Waals surface area (Å²) >= 11 is 1.67. The lowest BCUT2D eigenvalue weighted by Gasteiger charge is -1.99. The van der Waals surface area contributed by atoms with Crippen LogP contribution in [-0.4, -0.2) is 35.3 Å². The zero-order valence-corrected chi connectivity index (χ0v) is 15.3. The van der Waals surface area contributed by atoms with Gasteiger partial charge in [0.25, 0.3) is 0 Å². The zero-order valence-electron chi connectivity index (χ0n) is 14.5. The normalized spacial score (nSPS) is 11.6. The van der Waals surface area contributed by atoms with E-state index in [0.29, 0.717) is 11.5 Å². The quantitative estimate of drug-likeness (QED) is 0.415. The first-order chi connectivity index (χ1) is 13.9. The van der Waals surface area contributed by atoms with Crippen LogP contribution < -0.4 is 0 Å². The maximum absolute atomic E-state index is 4.70. The van der Waals surface area contributed by atoms with Crippen LogP contribution in [0.1, 0.15) is 0 Å². The summed E-state index contributed by atoms with van der Waals surface area (Å²) in [5.74, 6) is 0.695. The first kappa shape index (κ1) is 15.3. The minimum atomic E-state index is 0.681. The minimum absolute atomic E-state index is 0.681. The van der Waals surface area contributed by atoms with E-state index in [-0.39, 0.29) is 0 Å². The fraction of sp³-hybridized carbons (Fsp3) is 0. The molecule has 0 saturated heterocycles. The summed E-state index contributed by atoms with van der Waals surface area (Å²) in [4.78, 5) is 12.6. The molecule has 0 spiro atoms. The largest absolute Gasteiger partial charge is 0.335 e. The molecule has 5 heterocycles. The average Bonchev–Trinajstić information content (AvgIpc) is 3.53. The molecule has 0 bridgehead atoms. The minimum Gasteiger partial charge on any atom is -0.335 e. The Morgan fingerprint density at radius 3 is 2.86 bits per heavy atom. The Labute approximate surface area is 162 Å². The van der Waals surface area contributed by atoms with E-state index < -0.39 is 0 Å². The third-order valence-corrected chi connectivity index (χ3v) is 5.53. The molecule has 8 heteroatoms. The van der Waals surface area contributed by atoms with Crippen molar-refractivity contribution in [3.05, 3.63) is 59.7 Å². The Kier molecular flexibility index (Phi) is 3.20. The smallest absolute Gasteiger partial charge is 0.178 e. The van der Waals surface area contributed by atoms with Crippen LogP contribution in [0.15, 0.2) is 59.7 Å². The average molecular weight is 383 g/mol. The van der Waals surface area contributed by atoms with Crippen LogP contribution in [0, 0.1) is 0 Å². The lowest BCUT2D eigenvalue weighted by Crippen LogP contribution is -1.82. The maximum Gasteiger partial charge on any atom is 0.178 e. The molecule has 0 saturated carbocycles. The SMILES string of the molecule is c1cc(-c2ccsc2)c2[nH]c(-c3n[nH]c4ccc(-c5cn[nH]c5)cc34)nc2n1. The third kappa shape index (κ3) is 2.28. The topological polar surface area (TPSA) is 98.9 Å². The molecule has 0 fully saturated rings. The molecule has 0 atom stereocenters. The second kappa shape index (κ2) is 5.86. The maximum atomic E-state index is 4.70. The van der Waals surface area contributed by atoms with E-state index in [2.05, 4.69) is 53.3 Å². The first-order valence-corrected chi connectivity index (χ1v) is 9.66. The van der Waals surface area contributed by atoms with Gasteiger partial charge in [0.15, 0.2) is 11.5 Å². The highest BCUT2D eigenvalue weighted by Crippen LogP contribution is 2.32. The molecule has 0 amide bonds. The van der Waals surface area contributed by atoms with Gasteiger partial charge in [0.05, 0.1) is 17.2 Å². The van der Waals surface area contributed by atoms with Gasteiger partial charge in [-0.05, 0) is 46.2 Å². The van der Waals surface area contributed by atoms with E-state index in [0.717, 1.165) is 44.4 Å². The number of hydrogen-bond donors (Lipinski definition) is 3. The Morgan fingerprint density at radius 1 is 1.00 bits per heavy atom. The molecule has 0 unspecified atom stereocenters. The van der Waals surface area contributed by atoms with Crippen molar-refractivity contribution < 1.29 is 0 Å². The lowest BCUT2D eigenvalue weighted by atomic mass is 10.1. The van der Waals surface area contributed by atoms with Gasteiger partial charge in [-0.25, -0.2) is 9.97 Å². The van der Waals surface area contributed by atoms with Gasteiger partial charge in [-0.2, -0.15) is 21.5 Å². The molecule has 5 aromatic heterocycles. The molecule has 0 aliphatic rings. The van der Waals surface area contributed by atoms with Gasteiger partial charge in [-0.1, -0.05) is 6.07 Å². The van der Waals surface area contributed by atoms with Gasteiger partial charge in [0, 0.05) is 28.9 Å². The van der Waals surface area contributed by atoms with E-state index in [9.17, 15) is 0 Å². The van der Waals surface area contributed by atoms with E-state index in [1.165, 1.54) is 0 Å². The van der Waals surface area contributed by atoms with Crippen LogP contribution >= 0.6 is 11.3 Å². The van der Waals surface area contributed by atoms with Crippen molar-refractivity contribution in [1.29, 1.82) is 0 Å². The van der Waals surface area contributed by atoms with Crippen LogP contribution in [0.5, 0.6) is 0 Å². The summed E-state index contributed by atoms with van der Waals surface area (Å²) in [5, 5.41) is 19.7. The van der Waals surface area contributed by atoms with Gasteiger partial charge in [-0.15, -0.1) is 0 Å². The summed E-state index contributed by atoms with van der Waals surface area (Å²) in [5.41, 5.74) is 7.66. The monoisotopic (exact) mass is 383 g/mol. The molecule has 7 nitrogen and oxygen atoms in total. The van der Waals surface area contributed by atoms with E-state index in [1.807, 2.05) is 24.4 Å². The number of pyridine rings is 1. The highest BCUT2D eigenvalue weighted by molar-refractivity contribution is 7.08. The van der Waals surface area contributed by atoms with E-state index in [4.69, 9.17) is 4.98 Å². The molecule has 134 valence electrons. The fourth-order valence-electron chi connectivity index (χ4n) is 3.46. The highest BCUT2D eigenvalue weighted by atomic mass is 32.1. The van der Waals surface area contributed by atoms with Crippen LogP contribution in [0.25, 0.3) is 55.8 Å². The van der Waals surface area contributed by atoms with Gasteiger partial charge < -0.3 is 4.98 Å². The standard InChI is InChI=1S/C20H13N7S/c1-2-16-15(7-11(1)13-8-22-23-9-13)18(27-26-16)20-24-17-14(12-4-6-28-10-12)3-5-21-19(17)25-20/h1-10H,(H,22,23)(H,26,27)(H,21,24,25). The number of aromatic nitrogens is 7. The number of nitrogens with zero attached hydrogens (tertiary/aromatic N) is 4. The molecule has 6 rings (SSSR count). The molecular formula is C20H13N7S. The van der Waals surface area contributed by atoms with E-state index >= 15 is 0 Å². The number of H-pyrrole nitrogens is 3. The second-order valence-electron chi connectivity index (χ2n) is 6.47. The number of benzene rings is 1. The van der Waals surface area contributed by atoms with E-state index in [1.54, 1.807) is 23.7 Å². The van der Waals surface area contributed by atoms with Crippen LogP contribution in [0.2, 0.25) is 0 Å². The summed E-state index contributed by atoms with van der Waals surface area (Å²) in [7, 11) is 0. The van der Waals surface area contributed by atoms with Crippen molar-refractivity contribution in [2.75, 3.05) is 0 Å². The summed E-state index contributed by atoms with van der Waals surface area (Å²) < 4.78 is 0. The number of nitrogens with one attached hydrogen (secondary N) is 3. The number of thiophene rings is 1. The Morgan fingerprint density at radius 2 is 2.00 bits per heavy atom. The summed E-state index contributed by atoms with van der Waals surface area (Å²) in [6.07, 6.45) is 5.47. The summed E-state index contributed by atoms with van der Waals surface area (Å²) in [6.45, 7) is 0. The van der Waals surface area contributed by atoms with Crippen LogP contribution in [0.3, 0.4) is 0 Å². The van der Waals surface area contributed by atoms with Crippen LogP contribution in [0.4, 0.5) is 0 Å². The molecule has 0 radical (unpaired) electrons. The molecule has 0 aliphatic heterocycles. The number of aromatic amines is 3. The predicted molar refractivity (Wildman–Crippen MR) is 110 cm³/mol. The number of hydrogen-bond acceptors (Lipinski definition) is 5. The van der Waals surface area contributed by atoms with Crippen molar-refractivity contribution in [3.8, 4) is 33.8 Å². The van der Waals surface area contributed by atoms with Crippen molar-refractivity contribution in [1.82, 2.24) is 35.3 Å². The second-order valence-corrected chi connectivity index (χ2v) is 7.25. The van der Waals surface area contributed by atoms with Crippen LogP contribution in [-0.2, 0) is 0 Å². The van der Waals surface area contributed by atoms with Gasteiger partial charge in [-0.3, -0.25) is 10.2 Å². The molecule has 6 aromatic rings.